The molecule has 3 heterocycles. The number of hydrogen-bond donors (Lipinski definition) is 0. The number of aromatic nitrogens is 1. The van der Waals surface area contributed by atoms with Crippen LogP contribution in [0, 0.1) is 0 Å². The van der Waals surface area contributed by atoms with E-state index in [9.17, 15) is 0 Å². The number of anilines is 3. The second-order valence-corrected chi connectivity index (χ2v) is 14.9. The van der Waals surface area contributed by atoms with Crippen molar-refractivity contribution in [2.24, 2.45) is 0 Å². The summed E-state index contributed by atoms with van der Waals surface area (Å²) in [4.78, 5) is 2.41. The minimum Gasteiger partial charge on any atom is -0.456 e. The molecule has 0 atom stereocenters. The Labute approximate surface area is 334 Å². The smallest absolute Gasteiger partial charge is 0.145 e. The summed E-state index contributed by atoms with van der Waals surface area (Å²) in [6, 6.07) is 73.1. The highest BCUT2D eigenvalue weighted by Crippen LogP contribution is 2.50. The normalized spacial score (nSPS) is 11.8. The van der Waals surface area contributed by atoms with Gasteiger partial charge in [-0.3, -0.25) is 0 Å². The van der Waals surface area contributed by atoms with E-state index in [4.69, 9.17) is 8.83 Å². The number of furan rings is 2. The molecule has 272 valence electrons. The fourth-order valence-corrected chi connectivity index (χ4v) is 9.01. The molecule has 58 heavy (non-hydrogen) atoms. The lowest BCUT2D eigenvalue weighted by atomic mass is 9.98. The molecule has 12 rings (SSSR count). The molecular formula is C54H34N2O2. The third kappa shape index (κ3) is 4.95. The van der Waals surface area contributed by atoms with Crippen molar-refractivity contribution in [1.29, 1.82) is 0 Å². The Hall–Kier alpha value is -7.82. The third-order valence-corrected chi connectivity index (χ3v) is 11.6. The number of fused-ring (bicyclic) bond motifs is 9. The summed E-state index contributed by atoms with van der Waals surface area (Å²) in [5.41, 5.74) is 14.3. The molecule has 12 aromatic rings. The van der Waals surface area contributed by atoms with E-state index in [0.717, 1.165) is 94.4 Å². The maximum atomic E-state index is 7.04. The Kier molecular flexibility index (Phi) is 7.20. The average Bonchev–Trinajstić information content (AvgIpc) is 3.97. The summed E-state index contributed by atoms with van der Waals surface area (Å²) in [6.07, 6.45) is 0. The molecule has 0 aliphatic carbocycles. The van der Waals surface area contributed by atoms with Crippen LogP contribution in [0.25, 0.3) is 93.6 Å². The van der Waals surface area contributed by atoms with Gasteiger partial charge < -0.3 is 18.3 Å². The Balaban J connectivity index is 1.19. The summed E-state index contributed by atoms with van der Waals surface area (Å²) >= 11 is 0. The fourth-order valence-electron chi connectivity index (χ4n) is 9.01. The van der Waals surface area contributed by atoms with Gasteiger partial charge in [0.1, 0.15) is 22.3 Å². The minimum atomic E-state index is 0.840. The van der Waals surface area contributed by atoms with Crippen molar-refractivity contribution in [3.8, 4) is 27.9 Å². The highest BCUT2D eigenvalue weighted by Gasteiger charge is 2.26. The highest BCUT2D eigenvalue weighted by atomic mass is 16.3. The molecule has 0 unspecified atom stereocenters. The molecule has 4 heteroatoms. The summed E-state index contributed by atoms with van der Waals surface area (Å²) in [5.74, 6) is 0. The van der Waals surface area contributed by atoms with Crippen molar-refractivity contribution >= 4 is 82.7 Å². The van der Waals surface area contributed by atoms with Gasteiger partial charge in [0.05, 0.1) is 33.2 Å². The molecule has 9 aromatic carbocycles. The fraction of sp³-hybridized carbons (Fsp3) is 0. The number of para-hydroxylation sites is 3. The zero-order chi connectivity index (χ0) is 38.2. The highest BCUT2D eigenvalue weighted by molar-refractivity contribution is 6.21. The number of nitrogens with zero attached hydrogens (tertiary/aromatic N) is 2. The van der Waals surface area contributed by atoms with Gasteiger partial charge in [-0.05, 0) is 95.6 Å². The van der Waals surface area contributed by atoms with Crippen LogP contribution in [0.4, 0.5) is 17.1 Å². The van der Waals surface area contributed by atoms with Gasteiger partial charge in [0.2, 0.25) is 0 Å². The summed E-state index contributed by atoms with van der Waals surface area (Å²) < 4.78 is 15.9. The molecule has 0 fully saturated rings. The first kappa shape index (κ1) is 32.4. The van der Waals surface area contributed by atoms with Crippen molar-refractivity contribution in [1.82, 2.24) is 4.57 Å². The molecule has 0 aliphatic heterocycles. The van der Waals surface area contributed by atoms with Crippen LogP contribution in [0.1, 0.15) is 0 Å². The van der Waals surface area contributed by atoms with Crippen molar-refractivity contribution < 1.29 is 8.83 Å². The van der Waals surface area contributed by atoms with Crippen LogP contribution in [0.5, 0.6) is 0 Å². The Morgan fingerprint density at radius 1 is 0.362 bits per heavy atom. The first-order valence-electron chi connectivity index (χ1n) is 19.7. The molecule has 0 radical (unpaired) electrons. The molecule has 0 aliphatic rings. The van der Waals surface area contributed by atoms with Crippen LogP contribution in [0.15, 0.2) is 215 Å². The largest absolute Gasteiger partial charge is 0.456 e. The van der Waals surface area contributed by atoms with Gasteiger partial charge in [0.15, 0.2) is 0 Å². The van der Waals surface area contributed by atoms with Crippen LogP contribution >= 0.6 is 0 Å². The predicted octanol–water partition coefficient (Wildman–Crippen LogP) is 15.4. The van der Waals surface area contributed by atoms with Crippen molar-refractivity contribution in [2.45, 2.75) is 0 Å². The number of hydrogen-bond acceptors (Lipinski definition) is 3. The molecule has 0 amide bonds. The van der Waals surface area contributed by atoms with Crippen LogP contribution in [-0.2, 0) is 0 Å². The van der Waals surface area contributed by atoms with Crippen LogP contribution in [0.2, 0.25) is 0 Å². The molecule has 0 saturated heterocycles. The molecule has 0 saturated carbocycles. The monoisotopic (exact) mass is 742 g/mol. The predicted molar refractivity (Wildman–Crippen MR) is 241 cm³/mol. The van der Waals surface area contributed by atoms with E-state index in [-0.39, 0.29) is 0 Å². The molecular weight excluding hydrogens is 709 g/mol. The van der Waals surface area contributed by atoms with E-state index in [2.05, 4.69) is 210 Å². The third-order valence-electron chi connectivity index (χ3n) is 11.6. The first-order chi connectivity index (χ1) is 28.8. The SMILES string of the molecule is c1ccc(-c2ccc3c(c2)oc2c(-c4ccccc4)ccc(N(c4ccc5c(c4)c4ccccc4n5-c4ccccc4)c4cccc5oc6ccccc6c45)c23)cc1. The van der Waals surface area contributed by atoms with Crippen LogP contribution < -0.4 is 4.90 Å². The summed E-state index contributed by atoms with van der Waals surface area (Å²) in [5, 5.41) is 6.60. The van der Waals surface area contributed by atoms with E-state index in [1.807, 2.05) is 6.07 Å². The van der Waals surface area contributed by atoms with Crippen LogP contribution in [0.3, 0.4) is 0 Å². The lowest BCUT2D eigenvalue weighted by molar-refractivity contribution is 0.669. The first-order valence-corrected chi connectivity index (χ1v) is 19.7. The second kappa shape index (κ2) is 12.9. The molecule has 0 N–H and O–H groups in total. The second-order valence-electron chi connectivity index (χ2n) is 14.9. The van der Waals surface area contributed by atoms with E-state index >= 15 is 0 Å². The van der Waals surface area contributed by atoms with Gasteiger partial charge in [-0.1, -0.05) is 127 Å². The van der Waals surface area contributed by atoms with Crippen molar-refractivity contribution in [3.63, 3.8) is 0 Å². The Bertz CT molecular complexity index is 3500. The number of benzene rings is 9. The van der Waals surface area contributed by atoms with Gasteiger partial charge in [-0.15, -0.1) is 0 Å². The maximum Gasteiger partial charge on any atom is 0.145 e. The van der Waals surface area contributed by atoms with Gasteiger partial charge in [0, 0.05) is 38.5 Å². The molecule has 0 bridgehead atoms. The Morgan fingerprint density at radius 3 is 1.84 bits per heavy atom. The van der Waals surface area contributed by atoms with E-state index < -0.39 is 0 Å². The lowest BCUT2D eigenvalue weighted by Gasteiger charge is -2.27. The molecule has 4 nitrogen and oxygen atoms in total. The zero-order valence-corrected chi connectivity index (χ0v) is 31.3. The maximum absolute atomic E-state index is 7.04. The van der Waals surface area contributed by atoms with Gasteiger partial charge in [0.25, 0.3) is 0 Å². The van der Waals surface area contributed by atoms with Crippen molar-refractivity contribution in [2.75, 3.05) is 4.90 Å². The standard InChI is InChI=1S/C54H34N2O2/c1-4-15-35(16-5-1)37-27-29-43-51(33-37)58-54-40(36-17-6-2-7-18-36)30-32-48(53(43)54)56(47-24-14-26-50-52(47)42-22-11-13-25-49(42)57-50)39-28-31-46-44(34-39)41-21-10-12-23-45(41)55(46)38-19-8-3-9-20-38/h1-34H. The van der Waals surface area contributed by atoms with Gasteiger partial charge in [-0.25, -0.2) is 0 Å². The van der Waals surface area contributed by atoms with Gasteiger partial charge in [-0.2, -0.15) is 0 Å². The topological polar surface area (TPSA) is 34.5 Å². The summed E-state index contributed by atoms with van der Waals surface area (Å²) in [6.45, 7) is 0. The minimum absolute atomic E-state index is 0.840. The van der Waals surface area contributed by atoms with E-state index in [1.165, 1.54) is 16.3 Å². The van der Waals surface area contributed by atoms with Crippen molar-refractivity contribution in [3.05, 3.63) is 206 Å². The lowest BCUT2D eigenvalue weighted by Crippen LogP contribution is -2.11. The van der Waals surface area contributed by atoms with E-state index in [0.29, 0.717) is 0 Å². The zero-order valence-electron chi connectivity index (χ0n) is 31.3. The quantitative estimate of drug-likeness (QED) is 0.170. The van der Waals surface area contributed by atoms with Gasteiger partial charge >= 0.3 is 0 Å². The molecule has 0 spiro atoms. The summed E-state index contributed by atoms with van der Waals surface area (Å²) in [7, 11) is 0. The van der Waals surface area contributed by atoms with Crippen LogP contribution in [-0.4, -0.2) is 4.57 Å². The number of rotatable bonds is 6. The van der Waals surface area contributed by atoms with E-state index in [1.54, 1.807) is 0 Å². The molecule has 3 aromatic heterocycles. The average molecular weight is 743 g/mol. The Morgan fingerprint density at radius 2 is 1.02 bits per heavy atom.